The minimum atomic E-state index is -0.452. The number of rotatable bonds is 5. The number of aliphatic hydroxyl groups excluding tert-OH is 1. The molecule has 1 N–H and O–H groups in total. The van der Waals surface area contributed by atoms with Gasteiger partial charge >= 0.3 is 0 Å². The van der Waals surface area contributed by atoms with E-state index >= 15 is 0 Å². The van der Waals surface area contributed by atoms with Gasteiger partial charge in [-0.3, -0.25) is 0 Å². The molecule has 0 amide bonds. The first kappa shape index (κ1) is 17.0. The summed E-state index contributed by atoms with van der Waals surface area (Å²) >= 11 is 3.57. The minimum Gasteiger partial charge on any atom is -0.390 e. The Morgan fingerprint density at radius 2 is 1.81 bits per heavy atom. The summed E-state index contributed by atoms with van der Waals surface area (Å²) < 4.78 is 7.13. The second-order valence-corrected chi connectivity index (χ2v) is 7.83. The van der Waals surface area contributed by atoms with E-state index < -0.39 is 6.10 Å². The molecule has 0 saturated heterocycles. The molecule has 0 aliphatic heterocycles. The number of hydrogen-bond donors (Lipinski definition) is 1. The highest BCUT2D eigenvalue weighted by Gasteiger charge is 2.44. The van der Waals surface area contributed by atoms with Crippen molar-refractivity contribution in [2.45, 2.75) is 64.6 Å². The summed E-state index contributed by atoms with van der Waals surface area (Å²) in [7, 11) is 0. The molecule has 0 heterocycles. The summed E-state index contributed by atoms with van der Waals surface area (Å²) in [6.07, 6.45) is 4.30. The second-order valence-electron chi connectivity index (χ2n) is 6.97. The third-order valence-electron chi connectivity index (χ3n) is 4.86. The Kier molecular flexibility index (Phi) is 5.50. The zero-order valence-electron chi connectivity index (χ0n) is 13.4. The molecule has 2 rings (SSSR count). The first-order chi connectivity index (χ1) is 9.88. The van der Waals surface area contributed by atoms with Crippen LogP contribution in [0.2, 0.25) is 0 Å². The molecule has 21 heavy (non-hydrogen) atoms. The van der Waals surface area contributed by atoms with Crippen LogP contribution in [0.4, 0.5) is 0 Å². The maximum atomic E-state index is 10.9. The van der Waals surface area contributed by atoms with Crippen LogP contribution in [0.1, 0.15) is 52.0 Å². The van der Waals surface area contributed by atoms with Crippen molar-refractivity contribution < 1.29 is 9.84 Å². The molecule has 1 unspecified atom stereocenters. The van der Waals surface area contributed by atoms with Crippen LogP contribution in [0.15, 0.2) is 28.7 Å². The van der Waals surface area contributed by atoms with Gasteiger partial charge in [-0.1, -0.05) is 48.0 Å². The van der Waals surface area contributed by atoms with E-state index in [0.29, 0.717) is 18.4 Å². The Hall–Kier alpha value is -0.380. The summed E-state index contributed by atoms with van der Waals surface area (Å²) in [5.41, 5.74) is 1.14. The molecule has 0 aromatic heterocycles. The molecule has 118 valence electrons. The van der Waals surface area contributed by atoms with E-state index in [2.05, 4.69) is 35.8 Å². The molecule has 0 bridgehead atoms. The van der Waals surface area contributed by atoms with Gasteiger partial charge in [0.15, 0.2) is 0 Å². The fourth-order valence-electron chi connectivity index (χ4n) is 3.27. The van der Waals surface area contributed by atoms with E-state index in [1.54, 1.807) is 0 Å². The van der Waals surface area contributed by atoms with Gasteiger partial charge in [-0.15, -0.1) is 0 Å². The lowest BCUT2D eigenvalue weighted by atomic mass is 9.68. The molecule has 1 aromatic carbocycles. The molecule has 0 spiro atoms. The van der Waals surface area contributed by atoms with Gasteiger partial charge in [0.1, 0.15) is 0 Å². The molecule has 1 aromatic rings. The molecule has 1 fully saturated rings. The van der Waals surface area contributed by atoms with Crippen LogP contribution in [0.3, 0.4) is 0 Å². The Balaban J connectivity index is 2.13. The highest BCUT2D eigenvalue weighted by atomic mass is 79.9. The van der Waals surface area contributed by atoms with E-state index in [0.717, 1.165) is 35.7 Å². The van der Waals surface area contributed by atoms with E-state index in [-0.39, 0.29) is 5.60 Å². The van der Waals surface area contributed by atoms with Crippen LogP contribution in [0.25, 0.3) is 0 Å². The van der Waals surface area contributed by atoms with Crippen molar-refractivity contribution >= 4 is 15.9 Å². The number of benzene rings is 1. The van der Waals surface area contributed by atoms with Gasteiger partial charge < -0.3 is 9.84 Å². The molecule has 0 radical (unpaired) electrons. The topological polar surface area (TPSA) is 29.5 Å². The SMILES string of the molecule is CCOC1(C(O)Cc2ccccc2Br)CCC(C)(C)CC1. The summed E-state index contributed by atoms with van der Waals surface area (Å²) in [5, 5.41) is 10.9. The largest absolute Gasteiger partial charge is 0.390 e. The maximum Gasteiger partial charge on any atom is 0.0943 e. The van der Waals surface area contributed by atoms with E-state index in [9.17, 15) is 5.11 Å². The lowest BCUT2D eigenvalue weighted by Crippen LogP contribution is -2.50. The Bertz CT molecular complexity index is 460. The number of hydrogen-bond acceptors (Lipinski definition) is 2. The van der Waals surface area contributed by atoms with Crippen LogP contribution in [-0.4, -0.2) is 23.4 Å². The Morgan fingerprint density at radius 3 is 2.38 bits per heavy atom. The minimum absolute atomic E-state index is 0.369. The van der Waals surface area contributed by atoms with Crippen molar-refractivity contribution in [2.24, 2.45) is 5.41 Å². The van der Waals surface area contributed by atoms with Crippen molar-refractivity contribution in [2.75, 3.05) is 6.61 Å². The van der Waals surface area contributed by atoms with Crippen molar-refractivity contribution in [3.8, 4) is 0 Å². The van der Waals surface area contributed by atoms with Crippen LogP contribution >= 0.6 is 15.9 Å². The maximum absolute atomic E-state index is 10.9. The average molecular weight is 355 g/mol. The monoisotopic (exact) mass is 354 g/mol. The van der Waals surface area contributed by atoms with Crippen LogP contribution in [-0.2, 0) is 11.2 Å². The van der Waals surface area contributed by atoms with Gasteiger partial charge in [-0.25, -0.2) is 0 Å². The van der Waals surface area contributed by atoms with E-state index in [1.165, 1.54) is 0 Å². The average Bonchev–Trinajstić information content (AvgIpc) is 2.44. The Labute approximate surface area is 137 Å². The predicted molar refractivity (Wildman–Crippen MR) is 90.5 cm³/mol. The van der Waals surface area contributed by atoms with Gasteiger partial charge in [0, 0.05) is 17.5 Å². The van der Waals surface area contributed by atoms with Gasteiger partial charge in [-0.2, -0.15) is 0 Å². The fourth-order valence-corrected chi connectivity index (χ4v) is 3.72. The Morgan fingerprint density at radius 1 is 1.19 bits per heavy atom. The molecule has 1 atom stereocenters. The van der Waals surface area contributed by atoms with Crippen LogP contribution in [0, 0.1) is 5.41 Å². The van der Waals surface area contributed by atoms with E-state index in [4.69, 9.17) is 4.74 Å². The first-order valence-electron chi connectivity index (χ1n) is 7.94. The van der Waals surface area contributed by atoms with Crippen molar-refractivity contribution in [1.29, 1.82) is 0 Å². The molecule has 1 aliphatic carbocycles. The highest BCUT2D eigenvalue weighted by molar-refractivity contribution is 9.10. The van der Waals surface area contributed by atoms with Crippen molar-refractivity contribution in [1.82, 2.24) is 0 Å². The smallest absolute Gasteiger partial charge is 0.0943 e. The molecule has 2 nitrogen and oxygen atoms in total. The quantitative estimate of drug-likeness (QED) is 0.828. The summed E-state index contributed by atoms with van der Waals surface area (Å²) in [4.78, 5) is 0. The summed E-state index contributed by atoms with van der Waals surface area (Å²) in [6.45, 7) is 7.30. The predicted octanol–water partition coefficient (Wildman–Crippen LogP) is 4.73. The third-order valence-corrected chi connectivity index (χ3v) is 5.63. The molecule has 1 saturated carbocycles. The molecular formula is C18H27BrO2. The molecule has 1 aliphatic rings. The normalized spacial score (nSPS) is 22.0. The lowest BCUT2D eigenvalue weighted by Gasteiger charge is -2.46. The van der Waals surface area contributed by atoms with Crippen molar-refractivity contribution in [3.05, 3.63) is 34.3 Å². The number of halogens is 1. The number of aliphatic hydroxyl groups is 1. The molecule has 3 heteroatoms. The van der Waals surface area contributed by atoms with Gasteiger partial charge in [0.2, 0.25) is 0 Å². The van der Waals surface area contributed by atoms with Crippen LogP contribution < -0.4 is 0 Å². The van der Waals surface area contributed by atoms with Crippen molar-refractivity contribution in [3.63, 3.8) is 0 Å². The lowest BCUT2D eigenvalue weighted by molar-refractivity contribution is -0.150. The van der Waals surface area contributed by atoms with Gasteiger partial charge in [-0.05, 0) is 49.7 Å². The van der Waals surface area contributed by atoms with Crippen LogP contribution in [0.5, 0.6) is 0 Å². The van der Waals surface area contributed by atoms with Gasteiger partial charge in [0.05, 0.1) is 11.7 Å². The highest BCUT2D eigenvalue weighted by Crippen LogP contribution is 2.44. The standard InChI is InChI=1S/C18H27BrO2/c1-4-21-18(11-9-17(2,3)10-12-18)16(20)13-14-7-5-6-8-15(14)19/h5-8,16,20H,4,9-13H2,1-3H3. The fraction of sp³-hybridized carbons (Fsp3) is 0.667. The molecular weight excluding hydrogens is 328 g/mol. The third kappa shape index (κ3) is 4.08. The number of ether oxygens (including phenoxy) is 1. The van der Waals surface area contributed by atoms with E-state index in [1.807, 2.05) is 25.1 Å². The summed E-state index contributed by atoms with van der Waals surface area (Å²) in [5.74, 6) is 0. The zero-order valence-corrected chi connectivity index (χ0v) is 14.9. The first-order valence-corrected chi connectivity index (χ1v) is 8.73. The zero-order chi connectivity index (χ0) is 15.5. The summed E-state index contributed by atoms with van der Waals surface area (Å²) in [6, 6.07) is 8.12. The second kappa shape index (κ2) is 6.80. The van der Waals surface area contributed by atoms with Gasteiger partial charge in [0.25, 0.3) is 0 Å².